The summed E-state index contributed by atoms with van der Waals surface area (Å²) >= 11 is 0. The van der Waals surface area contributed by atoms with Crippen molar-refractivity contribution in [2.24, 2.45) is 5.41 Å². The van der Waals surface area contributed by atoms with Gasteiger partial charge in [-0.1, -0.05) is 26.7 Å². The van der Waals surface area contributed by atoms with Crippen LogP contribution < -0.4 is 5.32 Å². The van der Waals surface area contributed by atoms with E-state index in [-0.39, 0.29) is 12.0 Å². The molecule has 0 radical (unpaired) electrons. The molecule has 0 saturated heterocycles. The molecule has 1 fully saturated rings. The number of aliphatic hydroxyl groups excluding tert-OH is 2. The highest BCUT2D eigenvalue weighted by Gasteiger charge is 2.19. The number of hydrogen-bond acceptors (Lipinski definition) is 4. The Morgan fingerprint density at radius 3 is 2.61 bits per heavy atom. The molecule has 108 valence electrons. The zero-order chi connectivity index (χ0) is 13.4. The minimum absolute atomic E-state index is 0.0702. The Labute approximate surface area is 111 Å². The first-order valence-corrected chi connectivity index (χ1v) is 7.15. The molecule has 4 heteroatoms. The molecule has 0 aromatic carbocycles. The van der Waals surface area contributed by atoms with Gasteiger partial charge in [-0.05, 0) is 24.7 Å². The predicted molar refractivity (Wildman–Crippen MR) is 72.6 cm³/mol. The van der Waals surface area contributed by atoms with E-state index in [9.17, 15) is 5.11 Å². The van der Waals surface area contributed by atoms with Crippen molar-refractivity contribution in [3.05, 3.63) is 0 Å². The number of rotatable bonds is 9. The van der Waals surface area contributed by atoms with Crippen LogP contribution in [0.25, 0.3) is 0 Å². The Kier molecular flexibility index (Phi) is 7.15. The summed E-state index contributed by atoms with van der Waals surface area (Å²) in [4.78, 5) is 0. The van der Waals surface area contributed by atoms with Gasteiger partial charge in [0.25, 0.3) is 0 Å². The minimum Gasteiger partial charge on any atom is -0.396 e. The lowest BCUT2D eigenvalue weighted by Crippen LogP contribution is -2.37. The van der Waals surface area contributed by atoms with Crippen molar-refractivity contribution in [3.8, 4) is 0 Å². The number of ether oxygens (including phenoxy) is 1. The molecule has 3 N–H and O–H groups in total. The average molecular weight is 259 g/mol. The van der Waals surface area contributed by atoms with Crippen LogP contribution in [0.2, 0.25) is 0 Å². The van der Waals surface area contributed by atoms with Gasteiger partial charge in [0.15, 0.2) is 0 Å². The van der Waals surface area contributed by atoms with Gasteiger partial charge < -0.3 is 20.3 Å². The second-order valence-electron chi connectivity index (χ2n) is 6.16. The third-order valence-corrected chi connectivity index (χ3v) is 3.60. The van der Waals surface area contributed by atoms with E-state index in [1.165, 1.54) is 12.8 Å². The van der Waals surface area contributed by atoms with Crippen molar-refractivity contribution in [1.82, 2.24) is 5.32 Å². The molecule has 18 heavy (non-hydrogen) atoms. The van der Waals surface area contributed by atoms with Crippen molar-refractivity contribution in [2.45, 2.75) is 58.2 Å². The second-order valence-corrected chi connectivity index (χ2v) is 6.16. The number of nitrogens with one attached hydrogen (secondary N) is 1. The van der Waals surface area contributed by atoms with Crippen molar-refractivity contribution in [2.75, 3.05) is 26.3 Å². The summed E-state index contributed by atoms with van der Waals surface area (Å²) < 4.78 is 5.66. The van der Waals surface area contributed by atoms with Crippen LogP contribution in [0.3, 0.4) is 0 Å². The Morgan fingerprint density at radius 2 is 2.00 bits per heavy atom. The summed E-state index contributed by atoms with van der Waals surface area (Å²) in [6, 6.07) is 0. The first kappa shape index (κ1) is 15.9. The van der Waals surface area contributed by atoms with Gasteiger partial charge in [-0.15, -0.1) is 0 Å². The molecule has 1 aliphatic rings. The fourth-order valence-electron chi connectivity index (χ4n) is 2.33. The van der Waals surface area contributed by atoms with Crippen LogP contribution in [0.5, 0.6) is 0 Å². The Hall–Kier alpha value is -0.160. The zero-order valence-corrected chi connectivity index (χ0v) is 11.8. The van der Waals surface area contributed by atoms with E-state index in [2.05, 4.69) is 19.2 Å². The molecule has 1 rings (SSSR count). The molecule has 0 amide bonds. The summed E-state index contributed by atoms with van der Waals surface area (Å²) in [5, 5.41) is 22.0. The molecule has 0 aromatic rings. The molecule has 1 unspecified atom stereocenters. The zero-order valence-electron chi connectivity index (χ0n) is 11.8. The van der Waals surface area contributed by atoms with Gasteiger partial charge in [-0.25, -0.2) is 0 Å². The van der Waals surface area contributed by atoms with Crippen molar-refractivity contribution in [3.63, 3.8) is 0 Å². The smallest absolute Gasteiger partial charge is 0.0897 e. The third kappa shape index (κ3) is 6.69. The maximum absolute atomic E-state index is 9.80. The van der Waals surface area contributed by atoms with Crippen LogP contribution in [0.15, 0.2) is 0 Å². The Bertz CT molecular complexity index is 215. The minimum atomic E-state index is -0.435. The van der Waals surface area contributed by atoms with Gasteiger partial charge in [0.2, 0.25) is 0 Å². The van der Waals surface area contributed by atoms with Gasteiger partial charge in [0.05, 0.1) is 18.8 Å². The van der Waals surface area contributed by atoms with Crippen LogP contribution in [0.4, 0.5) is 0 Å². The third-order valence-electron chi connectivity index (χ3n) is 3.60. The van der Waals surface area contributed by atoms with Crippen LogP contribution >= 0.6 is 0 Å². The summed E-state index contributed by atoms with van der Waals surface area (Å²) in [5.74, 6) is 0. The molecule has 0 aliphatic heterocycles. The van der Waals surface area contributed by atoms with Crippen molar-refractivity contribution in [1.29, 1.82) is 0 Å². The van der Waals surface area contributed by atoms with E-state index in [0.29, 0.717) is 19.3 Å². The van der Waals surface area contributed by atoms with Crippen molar-refractivity contribution >= 4 is 0 Å². The van der Waals surface area contributed by atoms with Gasteiger partial charge >= 0.3 is 0 Å². The highest BCUT2D eigenvalue weighted by molar-refractivity contribution is 4.73. The van der Waals surface area contributed by atoms with E-state index >= 15 is 0 Å². The van der Waals surface area contributed by atoms with Crippen LogP contribution in [0, 0.1) is 5.41 Å². The molecular weight excluding hydrogens is 230 g/mol. The summed E-state index contributed by atoms with van der Waals surface area (Å²) in [7, 11) is 0. The van der Waals surface area contributed by atoms with Crippen LogP contribution in [0.1, 0.15) is 46.0 Å². The van der Waals surface area contributed by atoms with Gasteiger partial charge in [-0.2, -0.15) is 0 Å². The molecule has 0 heterocycles. The SMILES string of the molecule is CC(C)(CCO)CNCC(O)COC1CCCC1. The summed E-state index contributed by atoms with van der Waals surface area (Å²) in [6.45, 7) is 6.21. The highest BCUT2D eigenvalue weighted by Crippen LogP contribution is 2.21. The molecule has 1 saturated carbocycles. The molecule has 4 nitrogen and oxygen atoms in total. The van der Waals surface area contributed by atoms with E-state index < -0.39 is 6.10 Å². The topological polar surface area (TPSA) is 61.7 Å². The lowest BCUT2D eigenvalue weighted by atomic mass is 9.90. The molecule has 1 aliphatic carbocycles. The number of aliphatic hydroxyl groups is 2. The largest absolute Gasteiger partial charge is 0.396 e. The van der Waals surface area contributed by atoms with E-state index in [0.717, 1.165) is 25.8 Å². The monoisotopic (exact) mass is 259 g/mol. The van der Waals surface area contributed by atoms with Crippen molar-refractivity contribution < 1.29 is 14.9 Å². The maximum atomic E-state index is 9.80. The normalized spacial score (nSPS) is 19.3. The first-order valence-electron chi connectivity index (χ1n) is 7.15. The fraction of sp³-hybridized carbons (Fsp3) is 1.00. The highest BCUT2D eigenvalue weighted by atomic mass is 16.5. The van der Waals surface area contributed by atoms with E-state index in [1.54, 1.807) is 0 Å². The Morgan fingerprint density at radius 1 is 1.33 bits per heavy atom. The molecular formula is C14H29NO3. The first-order chi connectivity index (χ1) is 8.53. The van der Waals surface area contributed by atoms with E-state index in [1.807, 2.05) is 0 Å². The molecule has 0 bridgehead atoms. The molecule has 0 aromatic heterocycles. The van der Waals surface area contributed by atoms with Gasteiger partial charge in [-0.3, -0.25) is 0 Å². The van der Waals surface area contributed by atoms with Gasteiger partial charge in [0, 0.05) is 19.7 Å². The lowest BCUT2D eigenvalue weighted by Gasteiger charge is -2.25. The standard InChI is InChI=1S/C14H29NO3/c1-14(2,7-8-16)11-15-9-12(17)10-18-13-5-3-4-6-13/h12-13,15-17H,3-11H2,1-2H3. The lowest BCUT2D eigenvalue weighted by molar-refractivity contribution is -0.00612. The van der Waals surface area contributed by atoms with Crippen LogP contribution in [-0.2, 0) is 4.74 Å². The molecule has 1 atom stereocenters. The predicted octanol–water partition coefficient (Wildman–Crippen LogP) is 1.30. The maximum Gasteiger partial charge on any atom is 0.0897 e. The number of hydrogen-bond donors (Lipinski definition) is 3. The molecule has 0 spiro atoms. The van der Waals surface area contributed by atoms with E-state index in [4.69, 9.17) is 9.84 Å². The fourth-order valence-corrected chi connectivity index (χ4v) is 2.33. The van der Waals surface area contributed by atoms with Crippen LogP contribution in [-0.4, -0.2) is 48.7 Å². The Balaban J connectivity index is 2.03. The quantitative estimate of drug-likeness (QED) is 0.584. The second kappa shape index (κ2) is 8.10. The average Bonchev–Trinajstić information content (AvgIpc) is 2.78. The summed E-state index contributed by atoms with van der Waals surface area (Å²) in [5.41, 5.74) is 0.0702. The van der Waals surface area contributed by atoms with Gasteiger partial charge in [0.1, 0.15) is 0 Å². The summed E-state index contributed by atoms with van der Waals surface area (Å²) in [6.07, 6.45) is 5.51.